The first-order chi connectivity index (χ1) is 15.3. The third kappa shape index (κ3) is 3.81. The van der Waals surface area contributed by atoms with Gasteiger partial charge >= 0.3 is 0 Å². The lowest BCUT2D eigenvalue weighted by Crippen LogP contribution is -2.29. The molecule has 4 aromatic rings. The van der Waals surface area contributed by atoms with Gasteiger partial charge in [-0.25, -0.2) is 13.4 Å². The Morgan fingerprint density at radius 1 is 1.16 bits per heavy atom. The summed E-state index contributed by atoms with van der Waals surface area (Å²) in [5.41, 5.74) is 1.96. The fourth-order valence-electron chi connectivity index (χ4n) is 3.45. The van der Waals surface area contributed by atoms with Gasteiger partial charge in [-0.2, -0.15) is 14.1 Å². The van der Waals surface area contributed by atoms with Gasteiger partial charge in [-0.05, 0) is 56.2 Å². The number of para-hydroxylation sites is 1. The minimum Gasteiger partial charge on any atom is -0.306 e. The smallest absolute Gasteiger partial charge is 0.256 e. The van der Waals surface area contributed by atoms with Crippen LogP contribution in [0.15, 0.2) is 59.5 Å². The van der Waals surface area contributed by atoms with Crippen molar-refractivity contribution < 1.29 is 13.2 Å². The van der Waals surface area contributed by atoms with Gasteiger partial charge in [0.25, 0.3) is 5.91 Å². The Kier molecular flexibility index (Phi) is 5.07. The summed E-state index contributed by atoms with van der Waals surface area (Å²) < 4.78 is 29.4. The minimum absolute atomic E-state index is 0.0778. The third-order valence-corrected chi connectivity index (χ3v) is 8.33. The number of nitrogens with zero attached hydrogens (tertiary/aromatic N) is 4. The van der Waals surface area contributed by atoms with Crippen LogP contribution >= 0.6 is 11.3 Å². The van der Waals surface area contributed by atoms with E-state index in [9.17, 15) is 13.2 Å². The van der Waals surface area contributed by atoms with Crippen LogP contribution in [0.5, 0.6) is 0 Å². The number of benzene rings is 2. The van der Waals surface area contributed by atoms with Crippen LogP contribution in [0.1, 0.15) is 28.9 Å². The molecule has 0 unspecified atom stereocenters. The summed E-state index contributed by atoms with van der Waals surface area (Å²) in [6, 6.07) is 15.6. The SMILES string of the molecule is Cc1cc(NC(=O)c2ccc(S(=O)(=O)N(C)C3CC3)cc2)n(-c2nc3ccccc3s2)n1. The van der Waals surface area contributed by atoms with Crippen LogP contribution in [-0.4, -0.2) is 46.5 Å². The lowest BCUT2D eigenvalue weighted by atomic mass is 10.2. The van der Waals surface area contributed by atoms with E-state index in [-0.39, 0.29) is 16.8 Å². The first-order valence-corrected chi connectivity index (χ1v) is 12.4. The van der Waals surface area contributed by atoms with Crippen molar-refractivity contribution in [1.29, 1.82) is 0 Å². The largest absolute Gasteiger partial charge is 0.306 e. The van der Waals surface area contributed by atoms with E-state index in [1.807, 2.05) is 31.2 Å². The molecular weight excluding hydrogens is 446 g/mol. The van der Waals surface area contributed by atoms with Gasteiger partial charge in [-0.3, -0.25) is 4.79 Å². The Morgan fingerprint density at radius 2 is 1.88 bits per heavy atom. The fourth-order valence-corrected chi connectivity index (χ4v) is 5.80. The predicted octanol–water partition coefficient (Wildman–Crippen LogP) is 3.83. The zero-order valence-electron chi connectivity index (χ0n) is 17.5. The summed E-state index contributed by atoms with van der Waals surface area (Å²) in [6.07, 6.45) is 1.77. The van der Waals surface area contributed by atoms with E-state index < -0.39 is 10.0 Å². The van der Waals surface area contributed by atoms with Gasteiger partial charge in [0.1, 0.15) is 5.82 Å². The second-order valence-corrected chi connectivity index (χ2v) is 10.8. The molecule has 8 nitrogen and oxygen atoms in total. The molecule has 0 radical (unpaired) electrons. The van der Waals surface area contributed by atoms with Crippen LogP contribution < -0.4 is 5.32 Å². The highest BCUT2D eigenvalue weighted by atomic mass is 32.2. The second kappa shape index (κ2) is 7.80. The molecule has 1 saturated carbocycles. The van der Waals surface area contributed by atoms with Crippen molar-refractivity contribution in [2.75, 3.05) is 12.4 Å². The van der Waals surface area contributed by atoms with Crippen LogP contribution in [0.3, 0.4) is 0 Å². The number of aromatic nitrogens is 3. The average molecular weight is 468 g/mol. The highest BCUT2D eigenvalue weighted by Crippen LogP contribution is 2.31. The number of aryl methyl sites for hydroxylation is 1. The normalized spacial score (nSPS) is 14.2. The van der Waals surface area contributed by atoms with E-state index in [0.717, 1.165) is 28.8 Å². The molecule has 0 atom stereocenters. The number of carbonyl (C=O) groups excluding carboxylic acids is 1. The molecule has 1 fully saturated rings. The number of hydrogen-bond acceptors (Lipinski definition) is 6. The van der Waals surface area contributed by atoms with Crippen molar-refractivity contribution in [2.24, 2.45) is 0 Å². The standard InChI is InChI=1S/C22H21N5O3S2/c1-14-13-20(27(25-14)22-23-18-5-3-4-6-19(18)31-22)24-21(28)15-7-11-17(12-8-15)32(29,30)26(2)16-9-10-16/h3-8,11-13,16H,9-10H2,1-2H3,(H,24,28). The molecule has 0 aliphatic heterocycles. The van der Waals surface area contributed by atoms with Crippen LogP contribution in [0.25, 0.3) is 15.3 Å². The summed E-state index contributed by atoms with van der Waals surface area (Å²) in [5.74, 6) is 0.142. The number of fused-ring (bicyclic) bond motifs is 1. The summed E-state index contributed by atoms with van der Waals surface area (Å²) in [7, 11) is -1.95. The first-order valence-electron chi connectivity index (χ1n) is 10.1. The Bertz CT molecular complexity index is 1390. The summed E-state index contributed by atoms with van der Waals surface area (Å²) in [6.45, 7) is 1.84. The zero-order valence-corrected chi connectivity index (χ0v) is 19.2. The number of amides is 1. The molecule has 2 aromatic carbocycles. The van der Waals surface area contributed by atoms with Crippen molar-refractivity contribution >= 4 is 43.3 Å². The summed E-state index contributed by atoms with van der Waals surface area (Å²) >= 11 is 1.48. The van der Waals surface area contributed by atoms with Gasteiger partial charge in [0, 0.05) is 24.7 Å². The maximum absolute atomic E-state index is 12.9. The lowest BCUT2D eigenvalue weighted by molar-refractivity contribution is 0.102. The van der Waals surface area contributed by atoms with Gasteiger partial charge in [0.2, 0.25) is 15.2 Å². The maximum atomic E-state index is 12.9. The molecule has 2 heterocycles. The molecule has 164 valence electrons. The van der Waals surface area contributed by atoms with Gasteiger partial charge < -0.3 is 5.32 Å². The number of sulfonamides is 1. The van der Waals surface area contributed by atoms with Crippen LogP contribution in [0.4, 0.5) is 5.82 Å². The monoisotopic (exact) mass is 467 g/mol. The molecule has 1 N–H and O–H groups in total. The second-order valence-electron chi connectivity index (χ2n) is 7.78. The number of hydrogen-bond donors (Lipinski definition) is 1. The number of rotatable bonds is 6. The minimum atomic E-state index is -3.55. The van der Waals surface area contributed by atoms with Crippen molar-refractivity contribution in [3.8, 4) is 5.13 Å². The quantitative estimate of drug-likeness (QED) is 0.465. The molecule has 0 bridgehead atoms. The summed E-state index contributed by atoms with van der Waals surface area (Å²) in [4.78, 5) is 17.7. The van der Waals surface area contributed by atoms with Gasteiger partial charge in [0.05, 0.1) is 20.8 Å². The molecule has 1 aliphatic carbocycles. The van der Waals surface area contributed by atoms with E-state index in [1.54, 1.807) is 17.8 Å². The van der Waals surface area contributed by atoms with Crippen molar-refractivity contribution in [3.63, 3.8) is 0 Å². The number of carbonyl (C=O) groups is 1. The molecular formula is C22H21N5O3S2. The van der Waals surface area contributed by atoms with Crippen LogP contribution in [0.2, 0.25) is 0 Å². The highest BCUT2D eigenvalue weighted by Gasteiger charge is 2.35. The Labute approximate surface area is 189 Å². The highest BCUT2D eigenvalue weighted by molar-refractivity contribution is 7.89. The average Bonchev–Trinajstić information content (AvgIpc) is 3.44. The molecule has 32 heavy (non-hydrogen) atoms. The van der Waals surface area contributed by atoms with Gasteiger partial charge in [-0.15, -0.1) is 0 Å². The number of anilines is 1. The fraction of sp³-hybridized carbons (Fsp3) is 0.227. The molecule has 1 aliphatic rings. The molecule has 10 heteroatoms. The van der Waals surface area contributed by atoms with E-state index in [4.69, 9.17) is 0 Å². The summed E-state index contributed by atoms with van der Waals surface area (Å²) in [5, 5.41) is 8.00. The van der Waals surface area contributed by atoms with Crippen molar-refractivity contribution in [1.82, 2.24) is 19.1 Å². The van der Waals surface area contributed by atoms with Gasteiger partial charge in [-0.1, -0.05) is 23.5 Å². The zero-order chi connectivity index (χ0) is 22.5. The van der Waals surface area contributed by atoms with E-state index >= 15 is 0 Å². The Hall–Kier alpha value is -3.08. The van der Waals surface area contributed by atoms with E-state index in [1.165, 1.54) is 39.9 Å². The first kappa shape index (κ1) is 20.8. The lowest BCUT2D eigenvalue weighted by Gasteiger charge is -2.16. The number of thiazole rings is 1. The third-order valence-electron chi connectivity index (χ3n) is 5.39. The molecule has 1 amide bonds. The van der Waals surface area contributed by atoms with Gasteiger partial charge in [0.15, 0.2) is 0 Å². The van der Waals surface area contributed by atoms with E-state index in [0.29, 0.717) is 16.5 Å². The van der Waals surface area contributed by atoms with Crippen LogP contribution in [-0.2, 0) is 10.0 Å². The predicted molar refractivity (Wildman–Crippen MR) is 124 cm³/mol. The molecule has 2 aromatic heterocycles. The topological polar surface area (TPSA) is 97.2 Å². The molecule has 0 spiro atoms. The van der Waals surface area contributed by atoms with Crippen molar-refractivity contribution in [3.05, 3.63) is 65.9 Å². The van der Waals surface area contributed by atoms with E-state index in [2.05, 4.69) is 15.4 Å². The Balaban J connectivity index is 1.39. The Morgan fingerprint density at radius 3 is 2.56 bits per heavy atom. The molecule has 0 saturated heterocycles. The van der Waals surface area contributed by atoms with Crippen LogP contribution in [0, 0.1) is 6.92 Å². The van der Waals surface area contributed by atoms with Crippen molar-refractivity contribution in [2.45, 2.75) is 30.7 Å². The number of nitrogens with one attached hydrogen (secondary N) is 1. The molecule has 5 rings (SSSR count). The maximum Gasteiger partial charge on any atom is 0.256 e.